The molecule has 9 heteroatoms. The molecule has 0 aromatic carbocycles. The van der Waals surface area contributed by atoms with Crippen molar-refractivity contribution >= 4 is 13.7 Å². The van der Waals surface area contributed by atoms with Gasteiger partial charge in [-0.25, -0.2) is 4.57 Å². The van der Waals surface area contributed by atoms with Gasteiger partial charge in [-0.3, -0.25) is 13.8 Å². The second-order valence-electron chi connectivity index (χ2n) is 22.0. The number of nitrogens with one attached hydrogen (secondary N) is 1. The number of amides is 1. The number of unbranched alkanes of at least 4 members (excludes halogenated alkanes) is 29. The highest BCUT2D eigenvalue weighted by atomic mass is 31.2. The van der Waals surface area contributed by atoms with Crippen LogP contribution in [0.15, 0.2) is 97.2 Å². The van der Waals surface area contributed by atoms with E-state index in [1.54, 1.807) is 6.08 Å². The summed E-state index contributed by atoms with van der Waals surface area (Å²) in [4.78, 5) is 23.3. The molecule has 0 rings (SSSR count). The third kappa shape index (κ3) is 58.9. The monoisotopic (exact) mass is 1070 g/mol. The maximum Gasteiger partial charge on any atom is 0.472 e. The Labute approximate surface area is 464 Å². The van der Waals surface area contributed by atoms with Crippen molar-refractivity contribution in [2.75, 3.05) is 40.9 Å². The SMILES string of the molecule is CC/C=C\C/C=C\C/C=C\C/C=C\C/C=C\CCCCCCCCCCCC(=O)NC(COP(=O)(O)OCC[N+](C)(C)C)C(O)/C=C/CC/C=C/CC/C=C/CCCCCCCCCCCCCCCCCCCC. The third-order valence-corrected chi connectivity index (χ3v) is 14.5. The number of hydrogen-bond donors (Lipinski definition) is 3. The molecule has 0 aliphatic carbocycles. The Bertz CT molecular complexity index is 1540. The van der Waals surface area contributed by atoms with Crippen molar-refractivity contribution in [3.05, 3.63) is 97.2 Å². The van der Waals surface area contributed by atoms with Gasteiger partial charge in [0.15, 0.2) is 0 Å². The second-order valence-corrected chi connectivity index (χ2v) is 23.5. The number of likely N-dealkylation sites (N-methyl/N-ethyl adjacent to an activating group) is 1. The first kappa shape index (κ1) is 72.4. The molecule has 0 bridgehead atoms. The van der Waals surface area contributed by atoms with E-state index in [4.69, 9.17) is 9.05 Å². The topological polar surface area (TPSA) is 105 Å². The van der Waals surface area contributed by atoms with Crippen LogP contribution in [0, 0.1) is 0 Å². The molecule has 0 aliphatic heterocycles. The molecule has 3 unspecified atom stereocenters. The van der Waals surface area contributed by atoms with E-state index in [0.29, 0.717) is 17.4 Å². The summed E-state index contributed by atoms with van der Waals surface area (Å²) in [7, 11) is 1.53. The zero-order chi connectivity index (χ0) is 54.9. The zero-order valence-electron chi connectivity index (χ0n) is 49.5. The Morgan fingerprint density at radius 2 is 0.813 bits per heavy atom. The van der Waals surface area contributed by atoms with Crippen LogP contribution in [0.2, 0.25) is 0 Å². The van der Waals surface area contributed by atoms with E-state index in [0.717, 1.165) is 83.5 Å². The van der Waals surface area contributed by atoms with Crippen LogP contribution in [0.5, 0.6) is 0 Å². The molecule has 434 valence electrons. The molecule has 0 heterocycles. The van der Waals surface area contributed by atoms with Crippen LogP contribution < -0.4 is 5.32 Å². The van der Waals surface area contributed by atoms with Gasteiger partial charge in [0.2, 0.25) is 5.91 Å². The Hall–Kier alpha value is -2.58. The van der Waals surface area contributed by atoms with Crippen LogP contribution in [0.4, 0.5) is 0 Å². The third-order valence-electron chi connectivity index (χ3n) is 13.5. The van der Waals surface area contributed by atoms with Gasteiger partial charge in [-0.15, -0.1) is 0 Å². The molecule has 3 atom stereocenters. The first-order chi connectivity index (χ1) is 36.5. The minimum absolute atomic E-state index is 0.0476. The Balaban J connectivity index is 4.27. The van der Waals surface area contributed by atoms with E-state index in [1.165, 1.54) is 161 Å². The van der Waals surface area contributed by atoms with Gasteiger partial charge in [-0.05, 0) is 89.9 Å². The molecule has 0 aliphatic rings. The quantitative estimate of drug-likeness (QED) is 0.0243. The van der Waals surface area contributed by atoms with Crippen LogP contribution in [0.3, 0.4) is 0 Å². The van der Waals surface area contributed by atoms with E-state index in [9.17, 15) is 19.4 Å². The number of rotatable bonds is 56. The van der Waals surface area contributed by atoms with Crippen molar-refractivity contribution < 1.29 is 32.9 Å². The first-order valence-electron chi connectivity index (χ1n) is 31.1. The van der Waals surface area contributed by atoms with Crippen molar-refractivity contribution in [2.45, 2.75) is 276 Å². The molecule has 0 saturated heterocycles. The standard InChI is InChI=1S/C66H119N2O6P/c1-6-8-10-12-14-16-18-20-22-24-26-28-30-32-33-34-36-37-39-41-43-45-47-49-51-53-55-57-59-65(69)64(63-74-75(71,72)73-62-61-68(3,4)5)67-66(70)60-58-56-54-52-50-48-46-44-42-40-38-35-31-29-27-25-23-21-19-17-15-13-11-9-7-2/h9,11,15,17,21,23,27,29,35,38,41,43,49,51,57,59,64-65,69H,6-8,10,12-14,16,18-20,22,24-26,28,30-34,36-37,39-40,42,44-48,50,52-56,58,60-63H2,1-5H3,(H-,67,70,71,72)/p+1/b11-9-,17-15-,23-21-,29-27-,38-35-,43-41+,51-49+,59-57+. The van der Waals surface area contributed by atoms with Crippen LogP contribution >= 0.6 is 7.82 Å². The number of quaternary nitrogens is 1. The Morgan fingerprint density at radius 3 is 1.23 bits per heavy atom. The van der Waals surface area contributed by atoms with Gasteiger partial charge in [0.05, 0.1) is 39.9 Å². The van der Waals surface area contributed by atoms with Gasteiger partial charge in [0, 0.05) is 6.42 Å². The summed E-state index contributed by atoms with van der Waals surface area (Å²) in [6.07, 6.45) is 81.0. The number of carbonyl (C=O) groups is 1. The van der Waals surface area contributed by atoms with Gasteiger partial charge in [0.25, 0.3) is 0 Å². The highest BCUT2D eigenvalue weighted by Gasteiger charge is 2.27. The molecule has 3 N–H and O–H groups in total. The summed E-state index contributed by atoms with van der Waals surface area (Å²) in [5.41, 5.74) is 0. The fourth-order valence-electron chi connectivity index (χ4n) is 8.69. The lowest BCUT2D eigenvalue weighted by Crippen LogP contribution is -2.45. The van der Waals surface area contributed by atoms with E-state index in [-0.39, 0.29) is 19.1 Å². The van der Waals surface area contributed by atoms with Crippen LogP contribution in [-0.4, -0.2) is 73.4 Å². The van der Waals surface area contributed by atoms with Gasteiger partial charge >= 0.3 is 7.82 Å². The molecule has 1 amide bonds. The molecule has 0 aromatic heterocycles. The maximum atomic E-state index is 13.0. The number of nitrogens with zero attached hydrogens (tertiary/aromatic N) is 1. The van der Waals surface area contributed by atoms with E-state index in [2.05, 4.69) is 104 Å². The molecule has 0 radical (unpaired) electrons. The van der Waals surface area contributed by atoms with Crippen LogP contribution in [-0.2, 0) is 18.4 Å². The maximum absolute atomic E-state index is 13.0. The first-order valence-corrected chi connectivity index (χ1v) is 32.6. The van der Waals surface area contributed by atoms with Gasteiger partial charge in [-0.2, -0.15) is 0 Å². The number of phosphoric acid groups is 1. The molecule has 0 saturated carbocycles. The van der Waals surface area contributed by atoms with Crippen molar-refractivity contribution in [1.82, 2.24) is 5.32 Å². The van der Waals surface area contributed by atoms with Gasteiger partial charge in [-0.1, -0.05) is 265 Å². The minimum Gasteiger partial charge on any atom is -0.387 e. The molecule has 0 spiro atoms. The van der Waals surface area contributed by atoms with Crippen molar-refractivity contribution in [3.63, 3.8) is 0 Å². The van der Waals surface area contributed by atoms with E-state index in [1.807, 2.05) is 27.2 Å². The zero-order valence-corrected chi connectivity index (χ0v) is 50.4. The number of phosphoric ester groups is 1. The van der Waals surface area contributed by atoms with Crippen molar-refractivity contribution in [1.29, 1.82) is 0 Å². The van der Waals surface area contributed by atoms with Crippen molar-refractivity contribution in [2.24, 2.45) is 0 Å². The molecular formula is C66H120N2O6P+. The molecule has 75 heavy (non-hydrogen) atoms. The average molecular weight is 1070 g/mol. The minimum atomic E-state index is -4.37. The highest BCUT2D eigenvalue weighted by Crippen LogP contribution is 2.43. The Morgan fingerprint density at radius 1 is 0.467 bits per heavy atom. The summed E-state index contributed by atoms with van der Waals surface area (Å²) in [5, 5.41) is 13.9. The smallest absolute Gasteiger partial charge is 0.387 e. The number of aliphatic hydroxyl groups excluding tert-OH is 1. The molecular weight excluding hydrogens is 948 g/mol. The summed E-state index contributed by atoms with van der Waals surface area (Å²) < 4.78 is 23.7. The molecule has 0 fully saturated rings. The van der Waals surface area contributed by atoms with Gasteiger partial charge in [0.1, 0.15) is 13.2 Å². The largest absolute Gasteiger partial charge is 0.472 e. The lowest BCUT2D eigenvalue weighted by Gasteiger charge is -2.25. The number of hydrogen-bond acceptors (Lipinski definition) is 5. The normalized spacial score (nSPS) is 14.5. The lowest BCUT2D eigenvalue weighted by atomic mass is 10.0. The van der Waals surface area contributed by atoms with E-state index >= 15 is 0 Å². The number of aliphatic hydroxyl groups is 1. The number of carbonyl (C=O) groups excluding carboxylic acids is 1. The van der Waals surface area contributed by atoms with E-state index < -0.39 is 20.0 Å². The predicted molar refractivity (Wildman–Crippen MR) is 327 cm³/mol. The fraction of sp³-hybridized carbons (Fsp3) is 0.742. The summed E-state index contributed by atoms with van der Waals surface area (Å²) in [6.45, 7) is 4.68. The summed E-state index contributed by atoms with van der Waals surface area (Å²) in [5.74, 6) is -0.199. The van der Waals surface area contributed by atoms with Crippen molar-refractivity contribution in [3.8, 4) is 0 Å². The second kappa shape index (κ2) is 56.2. The molecule has 0 aromatic rings. The Kier molecular flexibility index (Phi) is 54.2. The molecule has 8 nitrogen and oxygen atoms in total. The summed E-state index contributed by atoms with van der Waals surface area (Å²) >= 11 is 0. The highest BCUT2D eigenvalue weighted by molar-refractivity contribution is 7.47. The average Bonchev–Trinajstić information content (AvgIpc) is 3.37. The van der Waals surface area contributed by atoms with Crippen LogP contribution in [0.1, 0.15) is 264 Å². The van der Waals surface area contributed by atoms with Gasteiger partial charge < -0.3 is 19.8 Å². The summed E-state index contributed by atoms with van der Waals surface area (Å²) in [6, 6.07) is -0.881. The lowest BCUT2D eigenvalue weighted by molar-refractivity contribution is -0.870. The fourth-order valence-corrected chi connectivity index (χ4v) is 9.43. The number of allylic oxidation sites excluding steroid dienone is 15. The predicted octanol–water partition coefficient (Wildman–Crippen LogP) is 19.4. The van der Waals surface area contributed by atoms with Crippen LogP contribution in [0.25, 0.3) is 0 Å².